The van der Waals surface area contributed by atoms with Gasteiger partial charge in [0.15, 0.2) is 7.29 Å². The quantitative estimate of drug-likeness (QED) is 0.366. The van der Waals surface area contributed by atoms with Gasteiger partial charge in [0, 0.05) is 17.5 Å². The summed E-state index contributed by atoms with van der Waals surface area (Å²) in [6.07, 6.45) is 5.63. The van der Waals surface area contributed by atoms with Crippen molar-refractivity contribution >= 4 is 18.5 Å². The molecule has 1 saturated heterocycles. The summed E-state index contributed by atoms with van der Waals surface area (Å²) in [4.78, 5) is 12.1. The molecule has 0 aromatic heterocycles. The van der Waals surface area contributed by atoms with Crippen molar-refractivity contribution in [1.29, 1.82) is 0 Å². The van der Waals surface area contributed by atoms with Crippen LogP contribution in [0.25, 0.3) is 0 Å². The lowest BCUT2D eigenvalue weighted by Gasteiger charge is -2.37. The lowest BCUT2D eigenvalue weighted by Crippen LogP contribution is -2.46. The monoisotopic (exact) mass is 384 g/mol. The number of hydrogen-bond donors (Lipinski definition) is 2. The molecule has 0 radical (unpaired) electrons. The van der Waals surface area contributed by atoms with E-state index in [4.69, 9.17) is 9.94 Å². The van der Waals surface area contributed by atoms with Crippen molar-refractivity contribution in [2.45, 2.75) is 24.9 Å². The number of nitrogens with zero attached hydrogens (tertiary/aromatic N) is 1. The third-order valence-electron chi connectivity index (χ3n) is 5.11. The molecular formula is C20H21N2O4P. The molecule has 140 valence electrons. The van der Waals surface area contributed by atoms with Crippen LogP contribution in [0.3, 0.4) is 0 Å². The molecule has 0 unspecified atom stereocenters. The van der Waals surface area contributed by atoms with Gasteiger partial charge in [-0.25, -0.2) is 10.2 Å². The topological polar surface area (TPSA) is 78.9 Å². The van der Waals surface area contributed by atoms with E-state index in [1.54, 1.807) is 22.3 Å². The summed E-state index contributed by atoms with van der Waals surface area (Å²) in [5.74, 6) is 0.889. The number of fused-ring (bicyclic) bond motifs is 1. The SMILES string of the molecule is O=C(NO)[C@@H]1CC[C@@H]2C=CC[P@@](=O)(c3ccc(Oc4ccccc4)cc3)N21. The van der Waals surface area contributed by atoms with Gasteiger partial charge in [0.2, 0.25) is 0 Å². The molecule has 4 rings (SSSR count). The number of benzene rings is 2. The Balaban J connectivity index is 1.62. The number of carbonyl (C=O) groups is 1. The number of allylic oxidation sites excluding steroid dienone is 1. The third kappa shape index (κ3) is 3.32. The Morgan fingerprint density at radius 3 is 2.48 bits per heavy atom. The minimum absolute atomic E-state index is 0.0490. The van der Waals surface area contributed by atoms with Gasteiger partial charge in [0.25, 0.3) is 5.91 Å². The maximum atomic E-state index is 13.9. The first-order chi connectivity index (χ1) is 13.1. The molecule has 2 aromatic carbocycles. The zero-order valence-corrected chi connectivity index (χ0v) is 15.6. The molecule has 3 atom stereocenters. The summed E-state index contributed by atoms with van der Waals surface area (Å²) in [6.45, 7) is 0. The number of hydrogen-bond acceptors (Lipinski definition) is 4. The van der Waals surface area contributed by atoms with Gasteiger partial charge in [-0.05, 0) is 49.2 Å². The number of para-hydroxylation sites is 1. The van der Waals surface area contributed by atoms with E-state index in [1.165, 1.54) is 0 Å². The highest BCUT2D eigenvalue weighted by Crippen LogP contribution is 2.57. The van der Waals surface area contributed by atoms with Gasteiger partial charge in [0.1, 0.15) is 11.5 Å². The van der Waals surface area contributed by atoms with Gasteiger partial charge in [-0.2, -0.15) is 0 Å². The molecule has 2 heterocycles. The minimum atomic E-state index is -2.98. The number of hydroxylamine groups is 1. The van der Waals surface area contributed by atoms with Crippen molar-refractivity contribution < 1.29 is 19.3 Å². The van der Waals surface area contributed by atoms with E-state index < -0.39 is 19.2 Å². The van der Waals surface area contributed by atoms with Crippen LogP contribution in [0.4, 0.5) is 0 Å². The Kier molecular flexibility index (Phi) is 4.87. The number of nitrogens with one attached hydrogen (secondary N) is 1. The van der Waals surface area contributed by atoms with Crippen molar-refractivity contribution in [3.05, 3.63) is 66.7 Å². The van der Waals surface area contributed by atoms with Gasteiger partial charge in [-0.15, -0.1) is 0 Å². The summed E-state index contributed by atoms with van der Waals surface area (Å²) in [6, 6.07) is 16.0. The molecule has 0 aliphatic carbocycles. The van der Waals surface area contributed by atoms with Crippen LogP contribution in [0.5, 0.6) is 11.5 Å². The molecule has 0 bridgehead atoms. The van der Waals surface area contributed by atoms with Crippen molar-refractivity contribution in [3.8, 4) is 11.5 Å². The number of rotatable bonds is 4. The zero-order valence-electron chi connectivity index (χ0n) is 14.7. The standard InChI is InChI=1S/C20H21N2O4P/c23-20(21-24)19-13-8-15-5-4-14-27(25,22(15)19)18-11-9-17(10-12-18)26-16-6-2-1-3-7-16/h1-7,9-12,15,19,24H,8,13-14H2,(H,21,23)/t15-,19-,27+/m0/s1. The largest absolute Gasteiger partial charge is 0.457 e. The van der Waals surface area contributed by atoms with Crippen LogP contribution in [0, 0.1) is 0 Å². The summed E-state index contributed by atoms with van der Waals surface area (Å²) in [5, 5.41) is 9.74. The second-order valence-corrected chi connectivity index (χ2v) is 9.48. The van der Waals surface area contributed by atoms with E-state index in [0.717, 1.165) is 12.2 Å². The predicted molar refractivity (Wildman–Crippen MR) is 103 cm³/mol. The Labute approximate surface area is 157 Å². The average molecular weight is 384 g/mol. The normalized spacial score (nSPS) is 27.1. The van der Waals surface area contributed by atoms with Crippen molar-refractivity contribution in [1.82, 2.24) is 10.2 Å². The molecule has 2 aliphatic rings. The van der Waals surface area contributed by atoms with E-state index in [1.807, 2.05) is 54.6 Å². The molecule has 2 aromatic rings. The summed E-state index contributed by atoms with van der Waals surface area (Å²) in [7, 11) is -2.98. The average Bonchev–Trinajstić information content (AvgIpc) is 3.14. The molecule has 2 aliphatic heterocycles. The first-order valence-electron chi connectivity index (χ1n) is 8.94. The van der Waals surface area contributed by atoms with E-state index in [2.05, 4.69) is 0 Å². The van der Waals surface area contributed by atoms with Crippen LogP contribution in [0.1, 0.15) is 12.8 Å². The van der Waals surface area contributed by atoms with Crippen LogP contribution in [0.2, 0.25) is 0 Å². The van der Waals surface area contributed by atoms with Crippen molar-refractivity contribution in [2.24, 2.45) is 0 Å². The van der Waals surface area contributed by atoms with Crippen LogP contribution in [0.15, 0.2) is 66.7 Å². The van der Waals surface area contributed by atoms with Crippen LogP contribution >= 0.6 is 7.29 Å². The first kappa shape index (κ1) is 18.0. The highest BCUT2D eigenvalue weighted by molar-refractivity contribution is 7.69. The summed E-state index contributed by atoms with van der Waals surface area (Å²) >= 11 is 0. The van der Waals surface area contributed by atoms with Gasteiger partial charge in [-0.1, -0.05) is 30.4 Å². The molecular weight excluding hydrogens is 363 g/mol. The lowest BCUT2D eigenvalue weighted by molar-refractivity contribution is -0.132. The second-order valence-electron chi connectivity index (χ2n) is 6.74. The molecule has 6 nitrogen and oxygen atoms in total. The minimum Gasteiger partial charge on any atom is -0.457 e. The third-order valence-corrected chi connectivity index (χ3v) is 8.24. The summed E-state index contributed by atoms with van der Waals surface area (Å²) in [5.41, 5.74) is 1.72. The Bertz CT molecular complexity index is 898. The fourth-order valence-corrected chi connectivity index (χ4v) is 6.90. The molecule has 0 spiro atoms. The Morgan fingerprint density at radius 1 is 1.07 bits per heavy atom. The van der Waals surface area contributed by atoms with E-state index in [0.29, 0.717) is 23.6 Å². The highest BCUT2D eigenvalue weighted by Gasteiger charge is 2.48. The van der Waals surface area contributed by atoms with E-state index >= 15 is 0 Å². The molecule has 1 amide bonds. The molecule has 27 heavy (non-hydrogen) atoms. The number of ether oxygens (including phenoxy) is 1. The van der Waals surface area contributed by atoms with E-state index in [-0.39, 0.29) is 6.04 Å². The van der Waals surface area contributed by atoms with E-state index in [9.17, 15) is 9.36 Å². The van der Waals surface area contributed by atoms with Crippen LogP contribution < -0.4 is 15.5 Å². The lowest BCUT2D eigenvalue weighted by atomic mass is 10.2. The van der Waals surface area contributed by atoms with Crippen molar-refractivity contribution in [3.63, 3.8) is 0 Å². The Hall–Kier alpha value is -2.40. The Morgan fingerprint density at radius 2 is 1.78 bits per heavy atom. The predicted octanol–water partition coefficient (Wildman–Crippen LogP) is 3.29. The van der Waals surface area contributed by atoms with Gasteiger partial charge < -0.3 is 9.30 Å². The van der Waals surface area contributed by atoms with Crippen LogP contribution in [-0.4, -0.2) is 34.0 Å². The smallest absolute Gasteiger partial charge is 0.261 e. The number of carbonyl (C=O) groups excluding carboxylic acids is 1. The van der Waals surface area contributed by atoms with Crippen LogP contribution in [-0.2, 0) is 9.36 Å². The molecule has 2 N–H and O–H groups in total. The second kappa shape index (κ2) is 7.31. The van der Waals surface area contributed by atoms with Gasteiger partial charge in [-0.3, -0.25) is 10.0 Å². The molecule has 0 saturated carbocycles. The maximum Gasteiger partial charge on any atom is 0.261 e. The zero-order chi connectivity index (χ0) is 18.9. The van der Waals surface area contributed by atoms with Crippen molar-refractivity contribution in [2.75, 3.05) is 6.16 Å². The highest BCUT2D eigenvalue weighted by atomic mass is 31.2. The maximum absolute atomic E-state index is 13.9. The number of amides is 1. The van der Waals surface area contributed by atoms with Gasteiger partial charge in [0.05, 0.1) is 6.04 Å². The first-order valence-corrected chi connectivity index (χ1v) is 10.8. The summed E-state index contributed by atoms with van der Waals surface area (Å²) < 4.78 is 21.5. The molecule has 1 fully saturated rings. The fourth-order valence-electron chi connectivity index (χ4n) is 3.86. The van der Waals surface area contributed by atoms with Gasteiger partial charge >= 0.3 is 0 Å². The fraction of sp³-hybridized carbons (Fsp3) is 0.250. The molecule has 7 heteroatoms.